The van der Waals surface area contributed by atoms with Crippen LogP contribution < -0.4 is 9.80 Å². The van der Waals surface area contributed by atoms with E-state index in [0.29, 0.717) is 0 Å². The van der Waals surface area contributed by atoms with Crippen molar-refractivity contribution in [3.8, 4) is 0 Å². The van der Waals surface area contributed by atoms with E-state index in [2.05, 4.69) is 145 Å². The summed E-state index contributed by atoms with van der Waals surface area (Å²) in [6.45, 7) is 4.38. The van der Waals surface area contributed by atoms with Crippen molar-refractivity contribution in [1.82, 2.24) is 0 Å². The lowest BCUT2D eigenvalue weighted by molar-refractivity contribution is 1.04. The lowest BCUT2D eigenvalue weighted by atomic mass is 10.1. The number of anilines is 4. The molecule has 0 amide bonds. The second-order valence-corrected chi connectivity index (χ2v) is 7.18. The number of para-hydroxylation sites is 4. The molecule has 0 spiro atoms. The number of nitrogens with zero attached hydrogens (tertiary/aromatic N) is 2. The largest absolute Gasteiger partial charge is 0.313 e. The molecule has 0 aliphatic rings. The molecule has 2 nitrogen and oxygen atoms in total. The highest BCUT2D eigenvalue weighted by Crippen LogP contribution is 2.35. The first kappa shape index (κ1) is 19.5. The van der Waals surface area contributed by atoms with Gasteiger partial charge in [0.05, 0.1) is 0 Å². The molecule has 0 heterocycles. The zero-order chi connectivity index (χ0) is 20.8. The molecular weight excluding hydrogens is 364 g/mol. The van der Waals surface area contributed by atoms with E-state index in [-0.39, 0.29) is 0 Å². The topological polar surface area (TPSA) is 6.48 Å². The van der Waals surface area contributed by atoms with Crippen molar-refractivity contribution in [2.24, 2.45) is 0 Å². The fourth-order valence-corrected chi connectivity index (χ4v) is 3.70. The normalized spacial score (nSPS) is 11.5. The summed E-state index contributed by atoms with van der Waals surface area (Å²) in [6.07, 6.45) is 0. The van der Waals surface area contributed by atoms with E-state index in [4.69, 9.17) is 0 Å². The van der Waals surface area contributed by atoms with Crippen LogP contribution in [0.25, 0.3) is 0 Å². The van der Waals surface area contributed by atoms with Gasteiger partial charge < -0.3 is 9.80 Å². The first-order valence-electron chi connectivity index (χ1n) is 10.2. The lowest BCUT2D eigenvalue weighted by Gasteiger charge is -2.33. The van der Waals surface area contributed by atoms with Gasteiger partial charge in [0.15, 0.2) is 0 Å². The summed E-state index contributed by atoms with van der Waals surface area (Å²) in [5.74, 6) is 0. The van der Waals surface area contributed by atoms with Crippen LogP contribution in [0.5, 0.6) is 0 Å². The van der Waals surface area contributed by atoms with Gasteiger partial charge in [0.2, 0.25) is 0 Å². The van der Waals surface area contributed by atoms with Gasteiger partial charge >= 0.3 is 0 Å². The van der Waals surface area contributed by atoms with Crippen molar-refractivity contribution in [3.05, 3.63) is 133 Å². The van der Waals surface area contributed by atoms with Crippen molar-refractivity contribution in [2.45, 2.75) is 13.8 Å². The number of benzene rings is 4. The van der Waals surface area contributed by atoms with E-state index in [0.717, 1.165) is 22.7 Å². The molecule has 0 radical (unpaired) electrons. The summed E-state index contributed by atoms with van der Waals surface area (Å²) in [4.78, 5) is 4.63. The molecule has 4 aromatic carbocycles. The van der Waals surface area contributed by atoms with Gasteiger partial charge in [-0.2, -0.15) is 0 Å². The Morgan fingerprint density at radius 1 is 0.367 bits per heavy atom. The van der Waals surface area contributed by atoms with Gasteiger partial charge in [0, 0.05) is 34.1 Å². The van der Waals surface area contributed by atoms with Gasteiger partial charge in [0.1, 0.15) is 0 Å². The summed E-state index contributed by atoms with van der Waals surface area (Å²) in [5, 5.41) is 0. The average Bonchev–Trinajstić information content (AvgIpc) is 2.82. The minimum atomic E-state index is 1.14. The van der Waals surface area contributed by atoms with Crippen molar-refractivity contribution in [2.75, 3.05) is 9.80 Å². The van der Waals surface area contributed by atoms with Crippen LogP contribution in [0.2, 0.25) is 0 Å². The van der Waals surface area contributed by atoms with Crippen molar-refractivity contribution >= 4 is 22.7 Å². The third-order valence-corrected chi connectivity index (χ3v) is 5.25. The Hall–Kier alpha value is -3.78. The Kier molecular flexibility index (Phi) is 5.95. The quantitative estimate of drug-likeness (QED) is 0.330. The maximum absolute atomic E-state index is 2.31. The van der Waals surface area contributed by atoms with E-state index in [1.54, 1.807) is 0 Å². The predicted molar refractivity (Wildman–Crippen MR) is 128 cm³/mol. The molecule has 0 atom stereocenters. The number of hydrogen-bond donors (Lipinski definition) is 0. The van der Waals surface area contributed by atoms with E-state index < -0.39 is 0 Å². The van der Waals surface area contributed by atoms with E-state index in [9.17, 15) is 0 Å². The van der Waals surface area contributed by atoms with Gasteiger partial charge in [-0.3, -0.25) is 0 Å². The predicted octanol–water partition coefficient (Wildman–Crippen LogP) is 7.91. The highest BCUT2D eigenvalue weighted by molar-refractivity contribution is 5.73. The Balaban J connectivity index is 1.88. The van der Waals surface area contributed by atoms with Crippen LogP contribution in [-0.2, 0) is 0 Å². The van der Waals surface area contributed by atoms with Crippen LogP contribution in [0.3, 0.4) is 0 Å². The summed E-state index contributed by atoms with van der Waals surface area (Å²) >= 11 is 0. The second kappa shape index (κ2) is 9.15. The van der Waals surface area contributed by atoms with Crippen molar-refractivity contribution < 1.29 is 0 Å². The first-order chi connectivity index (χ1) is 14.8. The smallest absolute Gasteiger partial charge is 0.0459 e. The Morgan fingerprint density at radius 2 is 0.567 bits per heavy atom. The molecule has 0 bridgehead atoms. The molecule has 148 valence electrons. The summed E-state index contributed by atoms with van der Waals surface area (Å²) in [6, 6.07) is 42.1. The Morgan fingerprint density at radius 3 is 0.767 bits per heavy atom. The molecule has 30 heavy (non-hydrogen) atoms. The third-order valence-electron chi connectivity index (χ3n) is 5.25. The first-order valence-corrected chi connectivity index (χ1v) is 10.2. The van der Waals surface area contributed by atoms with Crippen LogP contribution in [-0.4, -0.2) is 0 Å². The molecule has 0 N–H and O–H groups in total. The highest BCUT2D eigenvalue weighted by atomic mass is 15.2. The van der Waals surface area contributed by atoms with Crippen LogP contribution in [0.4, 0.5) is 22.7 Å². The molecule has 0 saturated carbocycles. The van der Waals surface area contributed by atoms with Gasteiger partial charge in [0.25, 0.3) is 0 Å². The molecule has 4 rings (SSSR count). The van der Waals surface area contributed by atoms with Gasteiger partial charge in [-0.05, 0) is 62.4 Å². The van der Waals surface area contributed by atoms with Crippen LogP contribution in [0, 0.1) is 0 Å². The number of rotatable bonds is 6. The van der Waals surface area contributed by atoms with E-state index >= 15 is 0 Å². The molecular formula is C28H26N2. The molecule has 0 aliphatic heterocycles. The van der Waals surface area contributed by atoms with Crippen LogP contribution in [0.15, 0.2) is 133 Å². The average molecular weight is 391 g/mol. The second-order valence-electron chi connectivity index (χ2n) is 7.18. The fraction of sp³-hybridized carbons (Fsp3) is 0.0714. The fourth-order valence-electron chi connectivity index (χ4n) is 3.70. The minimum absolute atomic E-state index is 1.14. The summed E-state index contributed by atoms with van der Waals surface area (Å²) < 4.78 is 0. The maximum atomic E-state index is 2.31. The molecule has 0 fully saturated rings. The molecule has 0 aliphatic carbocycles. The molecule has 0 saturated heterocycles. The maximum Gasteiger partial charge on any atom is 0.0459 e. The highest BCUT2D eigenvalue weighted by Gasteiger charge is 2.19. The number of allylic oxidation sites excluding steroid dienone is 2. The van der Waals surface area contributed by atoms with Gasteiger partial charge in [-0.25, -0.2) is 0 Å². The van der Waals surface area contributed by atoms with Crippen molar-refractivity contribution in [3.63, 3.8) is 0 Å². The number of hydrogen-bond acceptors (Lipinski definition) is 2. The Bertz CT molecular complexity index is 918. The molecule has 0 unspecified atom stereocenters. The van der Waals surface area contributed by atoms with Crippen LogP contribution in [0.1, 0.15) is 13.8 Å². The van der Waals surface area contributed by atoms with Gasteiger partial charge in [-0.15, -0.1) is 0 Å². The van der Waals surface area contributed by atoms with E-state index in [1.807, 2.05) is 0 Å². The molecule has 4 aromatic rings. The molecule has 2 heteroatoms. The standard InChI is InChI=1S/C28H26N2/c1-23(29(25-15-7-3-8-16-25)26-17-9-4-10-18-26)24(2)30(27-19-11-5-12-20-27)28-21-13-6-14-22-28/h3-22H,1-2H3/b24-23+. The summed E-state index contributed by atoms with van der Waals surface area (Å²) in [5.41, 5.74) is 6.90. The minimum Gasteiger partial charge on any atom is -0.313 e. The zero-order valence-electron chi connectivity index (χ0n) is 17.4. The van der Waals surface area contributed by atoms with Crippen LogP contribution >= 0.6 is 0 Å². The molecule has 0 aromatic heterocycles. The zero-order valence-corrected chi connectivity index (χ0v) is 17.4. The van der Waals surface area contributed by atoms with Crippen molar-refractivity contribution in [1.29, 1.82) is 0 Å². The van der Waals surface area contributed by atoms with E-state index in [1.165, 1.54) is 11.4 Å². The Labute approximate surface area is 179 Å². The SMILES string of the molecule is C/C(=C(/C)N(c1ccccc1)c1ccccc1)N(c1ccccc1)c1ccccc1. The van der Waals surface area contributed by atoms with Gasteiger partial charge in [-0.1, -0.05) is 72.8 Å². The monoisotopic (exact) mass is 390 g/mol. The summed E-state index contributed by atoms with van der Waals surface area (Å²) in [7, 11) is 0. The lowest BCUT2D eigenvalue weighted by Crippen LogP contribution is -2.23. The third kappa shape index (κ3) is 4.13.